The molecule has 3 nitrogen and oxygen atoms in total. The van der Waals surface area contributed by atoms with E-state index < -0.39 is 23.4 Å². The molecule has 0 saturated heterocycles. The Hall–Kier alpha value is -1.30. The van der Waals surface area contributed by atoms with E-state index in [0.717, 1.165) is 13.3 Å². The van der Waals surface area contributed by atoms with Gasteiger partial charge in [0.25, 0.3) is 0 Å². The van der Waals surface area contributed by atoms with Crippen molar-refractivity contribution < 1.29 is 22.7 Å². The predicted octanol–water partition coefficient (Wildman–Crippen LogP) is 2.54. The van der Waals surface area contributed by atoms with E-state index in [0.29, 0.717) is 6.07 Å². The normalized spacial score (nSPS) is 11.3. The molecule has 0 aliphatic rings. The van der Waals surface area contributed by atoms with Gasteiger partial charge in [0.2, 0.25) is 0 Å². The molecule has 0 fully saturated rings. The number of carbonyl (C=O) groups is 1. The number of aromatic nitrogens is 1. The SMILES string of the molecule is COC(=O)c1ncc(Cl)cc1C(F)(F)F. The molecule has 0 amide bonds. The van der Waals surface area contributed by atoms with Crippen LogP contribution in [0.15, 0.2) is 12.3 Å². The molecule has 0 unspecified atom stereocenters. The molecule has 0 N–H and O–H groups in total. The van der Waals surface area contributed by atoms with Gasteiger partial charge >= 0.3 is 12.1 Å². The van der Waals surface area contributed by atoms with E-state index in [1.807, 2.05) is 0 Å². The molecular formula is C8H5ClF3NO2. The fraction of sp³-hybridized carbons (Fsp3) is 0.250. The van der Waals surface area contributed by atoms with Crippen molar-refractivity contribution >= 4 is 17.6 Å². The molecule has 0 aliphatic heterocycles. The van der Waals surface area contributed by atoms with Gasteiger partial charge in [0.1, 0.15) is 0 Å². The first-order valence-electron chi connectivity index (χ1n) is 3.67. The Kier molecular flexibility index (Phi) is 3.18. The Morgan fingerprint density at radius 3 is 2.60 bits per heavy atom. The number of pyridine rings is 1. The highest BCUT2D eigenvalue weighted by Crippen LogP contribution is 2.32. The lowest BCUT2D eigenvalue weighted by Crippen LogP contribution is -2.15. The van der Waals surface area contributed by atoms with Gasteiger partial charge in [0.15, 0.2) is 5.69 Å². The van der Waals surface area contributed by atoms with Crippen LogP contribution in [0.2, 0.25) is 5.02 Å². The van der Waals surface area contributed by atoms with Crippen LogP contribution in [0.3, 0.4) is 0 Å². The van der Waals surface area contributed by atoms with Crippen LogP contribution in [0.1, 0.15) is 16.1 Å². The van der Waals surface area contributed by atoms with Gasteiger partial charge in [-0.3, -0.25) is 0 Å². The summed E-state index contributed by atoms with van der Waals surface area (Å²) in [6.07, 6.45) is -3.75. The zero-order valence-electron chi connectivity index (χ0n) is 7.43. The highest BCUT2D eigenvalue weighted by Gasteiger charge is 2.36. The van der Waals surface area contributed by atoms with Crippen LogP contribution in [0.5, 0.6) is 0 Å². The van der Waals surface area contributed by atoms with Gasteiger partial charge in [-0.15, -0.1) is 0 Å². The molecule has 1 aromatic heterocycles. The van der Waals surface area contributed by atoms with E-state index in [-0.39, 0.29) is 5.02 Å². The van der Waals surface area contributed by atoms with Crippen LogP contribution < -0.4 is 0 Å². The Bertz CT molecular complexity index is 392. The van der Waals surface area contributed by atoms with Crippen molar-refractivity contribution in [2.45, 2.75) is 6.18 Å². The summed E-state index contributed by atoms with van der Waals surface area (Å²) in [5.74, 6) is -1.15. The molecule has 0 atom stereocenters. The Balaban J connectivity index is 3.33. The molecule has 1 heterocycles. The van der Waals surface area contributed by atoms with Crippen molar-refractivity contribution in [1.29, 1.82) is 0 Å². The summed E-state index contributed by atoms with van der Waals surface area (Å²) in [7, 11) is 0.971. The lowest BCUT2D eigenvalue weighted by atomic mass is 10.2. The van der Waals surface area contributed by atoms with Crippen LogP contribution in [0.25, 0.3) is 0 Å². The molecule has 0 aliphatic carbocycles. The second-order valence-corrected chi connectivity index (χ2v) is 2.98. The Morgan fingerprint density at radius 1 is 1.53 bits per heavy atom. The summed E-state index contributed by atoms with van der Waals surface area (Å²) < 4.78 is 41.4. The third-order valence-corrected chi connectivity index (χ3v) is 1.75. The van der Waals surface area contributed by atoms with Crippen LogP contribution in [-0.4, -0.2) is 18.1 Å². The van der Waals surface area contributed by atoms with Crippen LogP contribution >= 0.6 is 11.6 Å². The predicted molar refractivity (Wildman–Crippen MR) is 45.6 cm³/mol. The summed E-state index contributed by atoms with van der Waals surface area (Å²) >= 11 is 5.36. The van der Waals surface area contributed by atoms with Crippen molar-refractivity contribution in [3.63, 3.8) is 0 Å². The smallest absolute Gasteiger partial charge is 0.418 e. The van der Waals surface area contributed by atoms with Crippen LogP contribution in [-0.2, 0) is 10.9 Å². The van der Waals surface area contributed by atoms with Gasteiger partial charge in [-0.1, -0.05) is 11.6 Å². The first-order valence-corrected chi connectivity index (χ1v) is 4.05. The maximum Gasteiger partial charge on any atom is 0.418 e. The standard InChI is InChI=1S/C8H5ClF3NO2/c1-15-7(14)6-5(8(10,11)12)2-4(9)3-13-6/h2-3H,1H3. The van der Waals surface area contributed by atoms with Crippen LogP contribution in [0, 0.1) is 0 Å². The topological polar surface area (TPSA) is 39.2 Å². The van der Waals surface area contributed by atoms with Crippen molar-refractivity contribution in [3.05, 3.63) is 28.5 Å². The number of carbonyl (C=O) groups excluding carboxylic acids is 1. The molecule has 82 valence electrons. The number of rotatable bonds is 1. The van der Waals surface area contributed by atoms with Gasteiger partial charge in [0.05, 0.1) is 17.7 Å². The number of nitrogens with zero attached hydrogens (tertiary/aromatic N) is 1. The van der Waals surface area contributed by atoms with Gasteiger partial charge in [-0.25, -0.2) is 9.78 Å². The zero-order chi connectivity index (χ0) is 11.6. The van der Waals surface area contributed by atoms with Gasteiger partial charge in [-0.05, 0) is 6.07 Å². The fourth-order valence-electron chi connectivity index (χ4n) is 0.915. The largest absolute Gasteiger partial charge is 0.464 e. The van der Waals surface area contributed by atoms with Gasteiger partial charge in [-0.2, -0.15) is 13.2 Å². The molecule has 0 radical (unpaired) electrons. The molecule has 1 rings (SSSR count). The minimum atomic E-state index is -4.69. The van der Waals surface area contributed by atoms with Crippen LogP contribution in [0.4, 0.5) is 13.2 Å². The number of alkyl halides is 3. The van der Waals surface area contributed by atoms with Gasteiger partial charge < -0.3 is 4.74 Å². The number of halogens is 4. The van der Waals surface area contributed by atoms with Gasteiger partial charge in [0, 0.05) is 6.20 Å². The van der Waals surface area contributed by atoms with E-state index in [1.54, 1.807) is 0 Å². The Morgan fingerprint density at radius 2 is 2.13 bits per heavy atom. The third kappa shape index (κ3) is 2.59. The highest BCUT2D eigenvalue weighted by atomic mass is 35.5. The molecule has 15 heavy (non-hydrogen) atoms. The maximum atomic E-state index is 12.4. The second-order valence-electron chi connectivity index (χ2n) is 2.54. The number of ether oxygens (including phenoxy) is 1. The Labute approximate surface area is 87.8 Å². The number of methoxy groups -OCH3 is 1. The number of esters is 1. The van der Waals surface area contributed by atoms with Crippen molar-refractivity contribution in [2.75, 3.05) is 7.11 Å². The van der Waals surface area contributed by atoms with Crippen molar-refractivity contribution in [3.8, 4) is 0 Å². The third-order valence-electron chi connectivity index (χ3n) is 1.54. The number of hydrogen-bond donors (Lipinski definition) is 0. The molecule has 1 aromatic rings. The summed E-state index contributed by atoms with van der Waals surface area (Å²) in [5, 5.41) is -0.199. The fourth-order valence-corrected chi connectivity index (χ4v) is 1.07. The summed E-state index contributed by atoms with van der Waals surface area (Å²) in [6.45, 7) is 0. The minimum Gasteiger partial charge on any atom is -0.464 e. The highest BCUT2D eigenvalue weighted by molar-refractivity contribution is 6.30. The monoisotopic (exact) mass is 239 g/mol. The van der Waals surface area contributed by atoms with E-state index >= 15 is 0 Å². The lowest BCUT2D eigenvalue weighted by Gasteiger charge is -2.10. The molecular weight excluding hydrogens is 235 g/mol. The van der Waals surface area contributed by atoms with E-state index in [9.17, 15) is 18.0 Å². The molecule has 0 saturated carbocycles. The molecule has 0 bridgehead atoms. The maximum absolute atomic E-state index is 12.4. The summed E-state index contributed by atoms with van der Waals surface area (Å²) in [4.78, 5) is 14.3. The zero-order valence-corrected chi connectivity index (χ0v) is 8.19. The summed E-state index contributed by atoms with van der Waals surface area (Å²) in [5.41, 5.74) is -2.00. The minimum absolute atomic E-state index is 0.199. The van der Waals surface area contributed by atoms with E-state index in [1.165, 1.54) is 0 Å². The first kappa shape index (κ1) is 11.8. The average molecular weight is 240 g/mol. The molecule has 0 spiro atoms. The van der Waals surface area contributed by atoms with E-state index in [2.05, 4.69) is 9.72 Å². The molecule has 7 heteroatoms. The average Bonchev–Trinajstić information content (AvgIpc) is 2.15. The van der Waals surface area contributed by atoms with Crippen molar-refractivity contribution in [2.24, 2.45) is 0 Å². The lowest BCUT2D eigenvalue weighted by molar-refractivity contribution is -0.138. The quantitative estimate of drug-likeness (QED) is 0.707. The van der Waals surface area contributed by atoms with E-state index in [4.69, 9.17) is 11.6 Å². The number of hydrogen-bond acceptors (Lipinski definition) is 3. The molecule has 0 aromatic carbocycles. The summed E-state index contributed by atoms with van der Waals surface area (Å²) in [6, 6.07) is 0.626. The first-order chi connectivity index (χ1) is 6.86. The van der Waals surface area contributed by atoms with Crippen molar-refractivity contribution in [1.82, 2.24) is 4.98 Å². The second kappa shape index (κ2) is 4.06.